The fourth-order valence-electron chi connectivity index (χ4n) is 2.20. The zero-order chi connectivity index (χ0) is 16.9. The number of aromatic nitrogens is 2. The molecule has 0 bridgehead atoms. The normalized spacial score (nSPS) is 16.1. The first-order chi connectivity index (χ1) is 10.9. The number of carbonyl (C=O) groups excluding carboxylic acids is 1. The van der Waals surface area contributed by atoms with Crippen LogP contribution >= 0.6 is 11.3 Å². The van der Waals surface area contributed by atoms with Gasteiger partial charge in [-0.2, -0.15) is 0 Å². The van der Waals surface area contributed by atoms with Crippen molar-refractivity contribution in [3.05, 3.63) is 0 Å². The molecule has 1 aliphatic rings. The average molecular weight is 361 g/mol. The Hall–Kier alpha value is -1.10. The van der Waals surface area contributed by atoms with Gasteiger partial charge in [0.15, 0.2) is 0 Å². The number of carbonyl (C=O) groups is 1. The fraction of sp³-hybridized carbons (Fsp3) is 0.769. The SMILES string of the molecule is CC(C)C(=O)Nc1nnc(S(=O)(=O)NCCCN2CCCC2)s1. The number of hydrogen-bond donors (Lipinski definition) is 2. The van der Waals surface area contributed by atoms with Crippen molar-refractivity contribution in [2.45, 2.75) is 37.4 Å². The summed E-state index contributed by atoms with van der Waals surface area (Å²) in [5.41, 5.74) is 0. The van der Waals surface area contributed by atoms with Gasteiger partial charge in [-0.15, -0.1) is 10.2 Å². The molecule has 130 valence electrons. The maximum atomic E-state index is 12.1. The largest absolute Gasteiger partial charge is 0.303 e. The summed E-state index contributed by atoms with van der Waals surface area (Å²) in [6.45, 7) is 6.95. The van der Waals surface area contributed by atoms with Gasteiger partial charge in [-0.3, -0.25) is 4.79 Å². The molecule has 2 heterocycles. The third-order valence-electron chi connectivity index (χ3n) is 3.53. The summed E-state index contributed by atoms with van der Waals surface area (Å²) in [5.74, 6) is -0.425. The van der Waals surface area contributed by atoms with Crippen LogP contribution in [-0.4, -0.2) is 55.6 Å². The highest BCUT2D eigenvalue weighted by molar-refractivity contribution is 7.91. The lowest BCUT2D eigenvalue weighted by atomic mass is 10.2. The fourth-order valence-corrected chi connectivity index (χ4v) is 4.21. The monoisotopic (exact) mass is 361 g/mol. The number of nitrogens with zero attached hydrogens (tertiary/aromatic N) is 3. The van der Waals surface area contributed by atoms with Crippen LogP contribution in [0.2, 0.25) is 0 Å². The van der Waals surface area contributed by atoms with Crippen molar-refractivity contribution in [2.75, 3.05) is 31.5 Å². The van der Waals surface area contributed by atoms with E-state index in [-0.39, 0.29) is 21.3 Å². The molecule has 1 aliphatic heterocycles. The summed E-state index contributed by atoms with van der Waals surface area (Å²) in [5, 5.41) is 10.1. The summed E-state index contributed by atoms with van der Waals surface area (Å²) in [7, 11) is -3.67. The lowest BCUT2D eigenvalue weighted by Crippen LogP contribution is -2.28. The second kappa shape index (κ2) is 8.13. The zero-order valence-electron chi connectivity index (χ0n) is 13.4. The Bertz CT molecular complexity index is 623. The van der Waals surface area contributed by atoms with Gasteiger partial charge < -0.3 is 10.2 Å². The van der Waals surface area contributed by atoms with Crippen LogP contribution in [0.4, 0.5) is 5.13 Å². The summed E-state index contributed by atoms with van der Waals surface area (Å²) in [6.07, 6.45) is 3.21. The van der Waals surface area contributed by atoms with E-state index in [9.17, 15) is 13.2 Å². The van der Waals surface area contributed by atoms with Crippen molar-refractivity contribution in [3.8, 4) is 0 Å². The maximum Gasteiger partial charge on any atom is 0.269 e. The third kappa shape index (κ3) is 5.48. The van der Waals surface area contributed by atoms with E-state index in [1.807, 2.05) is 0 Å². The van der Waals surface area contributed by atoms with Crippen LogP contribution in [0.25, 0.3) is 0 Å². The second-order valence-corrected chi connectivity index (χ2v) is 8.74. The van der Waals surface area contributed by atoms with E-state index in [1.54, 1.807) is 13.8 Å². The summed E-state index contributed by atoms with van der Waals surface area (Å²) < 4.78 is 26.7. The Morgan fingerprint density at radius 1 is 1.30 bits per heavy atom. The molecule has 1 saturated heterocycles. The van der Waals surface area contributed by atoms with Gasteiger partial charge in [0.05, 0.1) is 0 Å². The highest BCUT2D eigenvalue weighted by Gasteiger charge is 2.21. The quantitative estimate of drug-likeness (QED) is 0.526. The van der Waals surface area contributed by atoms with Crippen molar-refractivity contribution >= 4 is 32.4 Å². The molecular weight excluding hydrogens is 338 g/mol. The van der Waals surface area contributed by atoms with E-state index in [4.69, 9.17) is 0 Å². The van der Waals surface area contributed by atoms with Crippen LogP contribution in [0.5, 0.6) is 0 Å². The van der Waals surface area contributed by atoms with Crippen LogP contribution in [0.15, 0.2) is 4.34 Å². The van der Waals surface area contributed by atoms with E-state index >= 15 is 0 Å². The molecule has 0 spiro atoms. The summed E-state index contributed by atoms with van der Waals surface area (Å²) in [4.78, 5) is 13.9. The molecule has 0 aliphatic carbocycles. The number of sulfonamides is 1. The Morgan fingerprint density at radius 3 is 2.65 bits per heavy atom. The number of amides is 1. The van der Waals surface area contributed by atoms with Crippen LogP contribution in [0, 0.1) is 5.92 Å². The molecule has 0 radical (unpaired) electrons. The number of hydrogen-bond acceptors (Lipinski definition) is 7. The standard InChI is InChI=1S/C13H23N5O3S2/c1-10(2)11(19)15-12-16-17-13(22-12)23(20,21)14-6-5-9-18-7-3-4-8-18/h10,14H,3-9H2,1-2H3,(H,15,16,19). The lowest BCUT2D eigenvalue weighted by Gasteiger charge is -2.13. The van der Waals surface area contributed by atoms with Crippen molar-refractivity contribution < 1.29 is 13.2 Å². The van der Waals surface area contributed by atoms with E-state index in [2.05, 4.69) is 25.1 Å². The van der Waals surface area contributed by atoms with Crippen molar-refractivity contribution in [1.29, 1.82) is 0 Å². The molecule has 1 aromatic heterocycles. The van der Waals surface area contributed by atoms with Crippen molar-refractivity contribution in [1.82, 2.24) is 19.8 Å². The predicted octanol–water partition coefficient (Wildman–Crippen LogP) is 0.897. The Morgan fingerprint density at radius 2 is 2.00 bits per heavy atom. The second-order valence-electron chi connectivity index (χ2n) is 5.82. The van der Waals surface area contributed by atoms with Crippen LogP contribution < -0.4 is 10.0 Å². The van der Waals surface area contributed by atoms with Crippen LogP contribution in [-0.2, 0) is 14.8 Å². The molecule has 2 N–H and O–H groups in total. The molecule has 0 atom stereocenters. The number of rotatable bonds is 8. The lowest BCUT2D eigenvalue weighted by molar-refractivity contribution is -0.118. The van der Waals surface area contributed by atoms with Gasteiger partial charge in [0.1, 0.15) is 0 Å². The first kappa shape index (κ1) is 18.2. The van der Waals surface area contributed by atoms with E-state index in [1.165, 1.54) is 12.8 Å². The minimum absolute atomic E-state index is 0.127. The highest BCUT2D eigenvalue weighted by Crippen LogP contribution is 2.20. The maximum absolute atomic E-state index is 12.1. The van der Waals surface area contributed by atoms with Gasteiger partial charge in [-0.05, 0) is 38.9 Å². The first-order valence-electron chi connectivity index (χ1n) is 7.75. The van der Waals surface area contributed by atoms with Gasteiger partial charge in [0, 0.05) is 12.5 Å². The molecule has 8 nitrogen and oxygen atoms in total. The van der Waals surface area contributed by atoms with Gasteiger partial charge in [0.25, 0.3) is 10.0 Å². The minimum atomic E-state index is -3.67. The van der Waals surface area contributed by atoms with Crippen molar-refractivity contribution in [2.24, 2.45) is 5.92 Å². The molecule has 0 aromatic carbocycles. The molecule has 1 aromatic rings. The molecule has 2 rings (SSSR count). The number of anilines is 1. The molecule has 1 amide bonds. The summed E-state index contributed by atoms with van der Waals surface area (Å²) in [6, 6.07) is 0. The molecule has 0 saturated carbocycles. The Labute approximate surface area is 140 Å². The van der Waals surface area contributed by atoms with Gasteiger partial charge in [-0.25, -0.2) is 13.1 Å². The molecular formula is C13H23N5O3S2. The van der Waals surface area contributed by atoms with E-state index < -0.39 is 10.0 Å². The van der Waals surface area contributed by atoms with Crippen LogP contribution in [0.3, 0.4) is 0 Å². The smallest absolute Gasteiger partial charge is 0.269 e. The number of nitrogens with one attached hydrogen (secondary N) is 2. The van der Waals surface area contributed by atoms with Crippen LogP contribution in [0.1, 0.15) is 33.1 Å². The molecule has 10 heteroatoms. The minimum Gasteiger partial charge on any atom is -0.303 e. The topological polar surface area (TPSA) is 104 Å². The molecule has 0 unspecified atom stereocenters. The molecule has 23 heavy (non-hydrogen) atoms. The van der Waals surface area contributed by atoms with Gasteiger partial charge in [0.2, 0.25) is 15.4 Å². The van der Waals surface area contributed by atoms with Crippen molar-refractivity contribution in [3.63, 3.8) is 0 Å². The number of likely N-dealkylation sites (tertiary alicyclic amines) is 1. The third-order valence-corrected chi connectivity index (χ3v) is 6.20. The van der Waals surface area contributed by atoms with Gasteiger partial charge in [-0.1, -0.05) is 25.2 Å². The average Bonchev–Trinajstić information content (AvgIpc) is 3.15. The highest BCUT2D eigenvalue weighted by atomic mass is 32.2. The van der Waals surface area contributed by atoms with E-state index in [0.717, 1.165) is 37.4 Å². The molecule has 1 fully saturated rings. The first-order valence-corrected chi connectivity index (χ1v) is 10.0. The van der Waals surface area contributed by atoms with Gasteiger partial charge >= 0.3 is 0 Å². The zero-order valence-corrected chi connectivity index (χ0v) is 15.0. The van der Waals surface area contributed by atoms with E-state index in [0.29, 0.717) is 6.54 Å². The summed E-state index contributed by atoms with van der Waals surface area (Å²) >= 11 is 0.854. The Balaban J connectivity index is 1.81. The predicted molar refractivity (Wildman–Crippen MR) is 88.9 cm³/mol. The Kier molecular flexibility index (Phi) is 6.45.